The quantitative estimate of drug-likeness (QED) is 0.658. The molecule has 0 fully saturated rings. The van der Waals surface area contributed by atoms with E-state index in [0.29, 0.717) is 12.3 Å². The average Bonchev–Trinajstić information content (AvgIpc) is 1.92. The summed E-state index contributed by atoms with van der Waals surface area (Å²) in [4.78, 5) is 3.38. The van der Waals surface area contributed by atoms with Crippen LogP contribution < -0.4 is 0 Å². The minimum atomic E-state index is -4.45. The lowest BCUT2D eigenvalue weighted by molar-refractivity contribution is -0.137. The van der Waals surface area contributed by atoms with Crippen molar-refractivity contribution in [2.24, 2.45) is 0 Å². The van der Waals surface area contributed by atoms with E-state index in [1.807, 2.05) is 0 Å². The van der Waals surface area contributed by atoms with Crippen molar-refractivity contribution in [3.05, 3.63) is 23.5 Å². The number of halogens is 3. The summed E-state index contributed by atoms with van der Waals surface area (Å²) in [6, 6.07) is 0.655. The third-order valence-corrected chi connectivity index (χ3v) is 1.39. The fourth-order valence-corrected chi connectivity index (χ4v) is 0.677. The molecule has 0 spiro atoms. The Morgan fingerprint density at radius 3 is 2.42 bits per heavy atom. The van der Waals surface area contributed by atoms with E-state index in [-0.39, 0.29) is 5.69 Å². The Hall–Kier alpha value is -1.26. The molecule has 5 heteroatoms. The molecule has 1 heterocycles. The zero-order valence-electron chi connectivity index (χ0n) is 6.18. The van der Waals surface area contributed by atoms with E-state index in [1.54, 1.807) is 0 Å². The molecule has 1 aromatic heterocycles. The van der Waals surface area contributed by atoms with E-state index >= 15 is 0 Å². The Morgan fingerprint density at radius 2 is 2.00 bits per heavy atom. The number of pyridine rings is 1. The molecule has 0 atom stereocenters. The van der Waals surface area contributed by atoms with Gasteiger partial charge in [-0.15, -0.1) is 0 Å². The third kappa shape index (κ3) is 1.66. The zero-order chi connectivity index (χ0) is 9.35. The number of aromatic hydroxyl groups is 1. The number of hydrogen-bond donors (Lipinski definition) is 1. The molecule has 0 radical (unpaired) electrons. The highest BCUT2D eigenvalue weighted by Crippen LogP contribution is 2.31. The van der Waals surface area contributed by atoms with Crippen molar-refractivity contribution in [2.75, 3.05) is 0 Å². The predicted molar refractivity (Wildman–Crippen MR) is 35.6 cm³/mol. The van der Waals surface area contributed by atoms with Crippen LogP contribution >= 0.6 is 0 Å². The summed E-state index contributed by atoms with van der Waals surface area (Å²) in [6.45, 7) is 1.43. The maximum Gasteiger partial charge on any atom is 0.418 e. The number of nitrogens with zero attached hydrogens (tertiary/aromatic N) is 1. The molecule has 1 N–H and O–H groups in total. The highest BCUT2D eigenvalue weighted by Gasteiger charge is 2.31. The van der Waals surface area contributed by atoms with Gasteiger partial charge in [0.15, 0.2) is 0 Å². The van der Waals surface area contributed by atoms with Crippen LogP contribution in [0.3, 0.4) is 0 Å². The van der Waals surface area contributed by atoms with Gasteiger partial charge in [-0.25, -0.2) is 0 Å². The standard InChI is InChI=1S/C7H6F3NO/c1-4-6(12)2-5(3-11-4)7(8,9)10/h2-3,12H,1H3. The molecule has 0 aliphatic rings. The van der Waals surface area contributed by atoms with Crippen molar-refractivity contribution in [3.8, 4) is 5.75 Å². The molecule has 1 aromatic rings. The first-order valence-electron chi connectivity index (χ1n) is 3.14. The van der Waals surface area contributed by atoms with Crippen molar-refractivity contribution in [2.45, 2.75) is 13.1 Å². The fraction of sp³-hybridized carbons (Fsp3) is 0.286. The van der Waals surface area contributed by atoms with E-state index < -0.39 is 17.5 Å². The Labute approximate surface area is 66.7 Å². The van der Waals surface area contributed by atoms with Crippen LogP contribution in [0, 0.1) is 6.92 Å². The first kappa shape index (κ1) is 8.83. The van der Waals surface area contributed by atoms with Crippen LogP contribution in [-0.2, 0) is 6.18 Å². The highest BCUT2D eigenvalue weighted by atomic mass is 19.4. The maximum atomic E-state index is 11.9. The van der Waals surface area contributed by atoms with Crippen LogP contribution in [0.15, 0.2) is 12.3 Å². The van der Waals surface area contributed by atoms with Crippen molar-refractivity contribution in [3.63, 3.8) is 0 Å². The maximum absolute atomic E-state index is 11.9. The fourth-order valence-electron chi connectivity index (χ4n) is 0.677. The SMILES string of the molecule is Cc1ncc(C(F)(F)F)cc1O. The van der Waals surface area contributed by atoms with Crippen LogP contribution in [0.2, 0.25) is 0 Å². The van der Waals surface area contributed by atoms with Gasteiger partial charge in [0.1, 0.15) is 5.75 Å². The summed E-state index contributed by atoms with van der Waals surface area (Å²) in [5.74, 6) is -0.440. The molecule has 0 aromatic carbocycles. The zero-order valence-corrected chi connectivity index (χ0v) is 6.18. The number of aromatic nitrogens is 1. The summed E-state index contributed by atoms with van der Waals surface area (Å²) < 4.78 is 35.8. The van der Waals surface area contributed by atoms with E-state index in [2.05, 4.69) is 4.98 Å². The van der Waals surface area contributed by atoms with Gasteiger partial charge >= 0.3 is 6.18 Å². The molecule has 2 nitrogen and oxygen atoms in total. The van der Waals surface area contributed by atoms with Gasteiger partial charge in [-0.2, -0.15) is 13.2 Å². The van der Waals surface area contributed by atoms with Crippen LogP contribution in [0.5, 0.6) is 5.75 Å². The van der Waals surface area contributed by atoms with Crippen molar-refractivity contribution >= 4 is 0 Å². The first-order chi connectivity index (χ1) is 5.41. The lowest BCUT2D eigenvalue weighted by Gasteiger charge is -2.06. The van der Waals surface area contributed by atoms with E-state index in [0.717, 1.165) is 0 Å². The molecule has 0 saturated heterocycles. The van der Waals surface area contributed by atoms with E-state index in [4.69, 9.17) is 5.11 Å². The van der Waals surface area contributed by atoms with Gasteiger partial charge < -0.3 is 5.11 Å². The van der Waals surface area contributed by atoms with Gasteiger partial charge in [0.25, 0.3) is 0 Å². The van der Waals surface area contributed by atoms with E-state index in [1.165, 1.54) is 6.92 Å². The molecule has 0 saturated carbocycles. The minimum Gasteiger partial charge on any atom is -0.506 e. The van der Waals surface area contributed by atoms with Crippen molar-refractivity contribution < 1.29 is 18.3 Å². The summed E-state index contributed by atoms with van der Waals surface area (Å²) in [6.07, 6.45) is -3.76. The van der Waals surface area contributed by atoms with Crippen LogP contribution in [0.4, 0.5) is 13.2 Å². The molecule has 0 bridgehead atoms. The molecule has 0 unspecified atom stereocenters. The van der Waals surface area contributed by atoms with E-state index in [9.17, 15) is 13.2 Å². The Balaban J connectivity index is 3.14. The second kappa shape index (κ2) is 2.66. The van der Waals surface area contributed by atoms with Crippen molar-refractivity contribution in [1.29, 1.82) is 0 Å². The number of hydrogen-bond acceptors (Lipinski definition) is 2. The molecule has 0 amide bonds. The summed E-state index contributed by atoms with van der Waals surface area (Å²) >= 11 is 0. The molecule has 12 heavy (non-hydrogen) atoms. The lowest BCUT2D eigenvalue weighted by atomic mass is 10.2. The van der Waals surface area contributed by atoms with Crippen LogP contribution in [0.25, 0.3) is 0 Å². The smallest absolute Gasteiger partial charge is 0.418 e. The van der Waals surface area contributed by atoms with Gasteiger partial charge in [0, 0.05) is 6.20 Å². The summed E-state index contributed by atoms with van der Waals surface area (Å²) in [5.41, 5.74) is -0.756. The number of alkyl halides is 3. The second-order valence-electron chi connectivity index (χ2n) is 2.33. The first-order valence-corrected chi connectivity index (χ1v) is 3.14. The van der Waals surface area contributed by atoms with Gasteiger partial charge in [0.05, 0.1) is 11.3 Å². The average molecular weight is 177 g/mol. The third-order valence-electron chi connectivity index (χ3n) is 1.39. The topological polar surface area (TPSA) is 33.1 Å². The number of aryl methyl sites for hydroxylation is 1. The Kier molecular flexibility index (Phi) is 1.95. The van der Waals surface area contributed by atoms with Gasteiger partial charge in [-0.3, -0.25) is 4.98 Å². The summed E-state index contributed by atoms with van der Waals surface area (Å²) in [7, 11) is 0. The van der Waals surface area contributed by atoms with Gasteiger partial charge in [-0.05, 0) is 13.0 Å². The number of rotatable bonds is 0. The molecule has 1 rings (SSSR count). The van der Waals surface area contributed by atoms with Crippen LogP contribution in [-0.4, -0.2) is 10.1 Å². The summed E-state index contributed by atoms with van der Waals surface area (Å²) in [5, 5.41) is 8.90. The Morgan fingerprint density at radius 1 is 1.42 bits per heavy atom. The minimum absolute atomic E-state index is 0.183. The largest absolute Gasteiger partial charge is 0.506 e. The molecule has 0 aliphatic carbocycles. The normalized spacial score (nSPS) is 11.7. The predicted octanol–water partition coefficient (Wildman–Crippen LogP) is 2.11. The second-order valence-corrected chi connectivity index (χ2v) is 2.33. The van der Waals surface area contributed by atoms with Crippen molar-refractivity contribution in [1.82, 2.24) is 4.98 Å². The molecule has 0 aliphatic heterocycles. The molecular weight excluding hydrogens is 171 g/mol. The lowest BCUT2D eigenvalue weighted by Crippen LogP contribution is -2.05. The van der Waals surface area contributed by atoms with Crippen LogP contribution in [0.1, 0.15) is 11.3 Å². The Bertz CT molecular complexity index is 295. The van der Waals surface area contributed by atoms with Gasteiger partial charge in [-0.1, -0.05) is 0 Å². The molecular formula is C7H6F3NO. The monoisotopic (exact) mass is 177 g/mol. The highest BCUT2D eigenvalue weighted by molar-refractivity contribution is 5.30. The van der Waals surface area contributed by atoms with Gasteiger partial charge in [0.2, 0.25) is 0 Å². The molecule has 66 valence electrons.